The van der Waals surface area contributed by atoms with Crippen molar-refractivity contribution in [1.82, 2.24) is 14.9 Å². The number of nitrogens with one attached hydrogen (secondary N) is 1. The number of carboxylic acid groups (broad SMARTS) is 1. The minimum Gasteiger partial charge on any atom is -0.481 e. The first-order chi connectivity index (χ1) is 10.6. The van der Waals surface area contributed by atoms with Crippen molar-refractivity contribution < 1.29 is 9.90 Å². The quantitative estimate of drug-likeness (QED) is 0.808. The zero-order valence-corrected chi connectivity index (χ0v) is 13.8. The number of unbranched alkanes of at least 4 members (excludes halogenated alkanes) is 1. The number of likely N-dealkylation sites (tertiary alicyclic amines) is 1. The van der Waals surface area contributed by atoms with Crippen molar-refractivity contribution in [2.24, 2.45) is 17.8 Å². The van der Waals surface area contributed by atoms with Gasteiger partial charge in [-0.05, 0) is 31.1 Å². The number of H-pyrrole nitrogens is 1. The summed E-state index contributed by atoms with van der Waals surface area (Å²) in [7, 11) is 0. The van der Waals surface area contributed by atoms with Gasteiger partial charge in [-0.2, -0.15) is 0 Å². The van der Waals surface area contributed by atoms with Gasteiger partial charge in [-0.15, -0.1) is 0 Å². The van der Waals surface area contributed by atoms with Gasteiger partial charge < -0.3 is 10.1 Å². The molecule has 0 aromatic carbocycles. The summed E-state index contributed by atoms with van der Waals surface area (Å²) >= 11 is 6.23. The van der Waals surface area contributed by atoms with Gasteiger partial charge in [-0.25, -0.2) is 4.98 Å². The fourth-order valence-corrected chi connectivity index (χ4v) is 3.75. The van der Waals surface area contributed by atoms with Gasteiger partial charge in [0.15, 0.2) is 5.15 Å². The highest BCUT2D eigenvalue weighted by molar-refractivity contribution is 6.30. The highest BCUT2D eigenvalue weighted by Gasteiger charge is 2.45. The molecule has 0 bridgehead atoms. The van der Waals surface area contributed by atoms with E-state index in [1.807, 2.05) is 0 Å². The number of imidazole rings is 1. The molecular weight excluding hydrogens is 302 g/mol. The molecule has 2 fully saturated rings. The van der Waals surface area contributed by atoms with Gasteiger partial charge in [-0.1, -0.05) is 24.9 Å². The molecule has 1 aliphatic carbocycles. The smallest absolute Gasteiger partial charge is 0.308 e. The van der Waals surface area contributed by atoms with Crippen LogP contribution < -0.4 is 0 Å². The molecule has 2 atom stereocenters. The summed E-state index contributed by atoms with van der Waals surface area (Å²) < 4.78 is 0. The molecule has 1 aromatic heterocycles. The van der Waals surface area contributed by atoms with E-state index < -0.39 is 5.97 Å². The molecule has 0 radical (unpaired) electrons. The van der Waals surface area contributed by atoms with Crippen molar-refractivity contribution in [3.63, 3.8) is 0 Å². The summed E-state index contributed by atoms with van der Waals surface area (Å²) in [5.41, 5.74) is 0.924. The zero-order valence-electron chi connectivity index (χ0n) is 13.0. The average molecular weight is 326 g/mol. The minimum absolute atomic E-state index is 0.228. The molecule has 3 rings (SSSR count). The predicted molar refractivity (Wildman–Crippen MR) is 84.8 cm³/mol. The Labute approximate surface area is 136 Å². The van der Waals surface area contributed by atoms with Crippen LogP contribution in [0.3, 0.4) is 0 Å². The van der Waals surface area contributed by atoms with Crippen LogP contribution in [0.4, 0.5) is 0 Å². The number of aromatic nitrogens is 2. The second-order valence-electron chi connectivity index (χ2n) is 6.70. The normalized spacial score (nSPS) is 25.7. The summed E-state index contributed by atoms with van der Waals surface area (Å²) in [4.78, 5) is 21.4. The fraction of sp³-hybridized carbons (Fsp3) is 0.750. The van der Waals surface area contributed by atoms with E-state index in [1.54, 1.807) is 0 Å². The maximum Gasteiger partial charge on any atom is 0.308 e. The Bertz CT molecular complexity index is 541. The predicted octanol–water partition coefficient (Wildman–Crippen LogP) is 2.95. The Kier molecular flexibility index (Phi) is 4.73. The van der Waals surface area contributed by atoms with E-state index in [4.69, 9.17) is 11.6 Å². The van der Waals surface area contributed by atoms with Crippen LogP contribution in [0, 0.1) is 17.8 Å². The van der Waals surface area contributed by atoms with Crippen LogP contribution in [0.25, 0.3) is 0 Å². The summed E-state index contributed by atoms with van der Waals surface area (Å²) in [5, 5.41) is 9.96. The number of aromatic amines is 1. The molecule has 122 valence electrons. The van der Waals surface area contributed by atoms with Gasteiger partial charge in [0.25, 0.3) is 0 Å². The molecular formula is C16H24ClN3O2. The van der Waals surface area contributed by atoms with Crippen molar-refractivity contribution in [1.29, 1.82) is 0 Å². The Hall–Kier alpha value is -1.07. The van der Waals surface area contributed by atoms with Crippen molar-refractivity contribution in [2.45, 2.75) is 45.6 Å². The Morgan fingerprint density at radius 1 is 1.45 bits per heavy atom. The number of aliphatic carboxylic acids is 1. The number of halogens is 1. The molecule has 1 aromatic rings. The zero-order chi connectivity index (χ0) is 15.7. The van der Waals surface area contributed by atoms with E-state index in [2.05, 4.69) is 21.8 Å². The maximum absolute atomic E-state index is 11.5. The molecule has 0 amide bonds. The molecule has 2 aliphatic rings. The number of aryl methyl sites for hydroxylation is 1. The van der Waals surface area contributed by atoms with Crippen LogP contribution in [0.2, 0.25) is 5.15 Å². The SMILES string of the molecule is CCCCc1nc(Cl)c(CN2C[C@H](C(=O)O)[C@@H](C3CC3)C2)[nH]1. The summed E-state index contributed by atoms with van der Waals surface area (Å²) in [6, 6.07) is 0. The number of carbonyl (C=O) groups is 1. The van der Waals surface area contributed by atoms with Gasteiger partial charge in [0.2, 0.25) is 0 Å². The summed E-state index contributed by atoms with van der Waals surface area (Å²) in [5.74, 6) is 0.976. The molecule has 22 heavy (non-hydrogen) atoms. The summed E-state index contributed by atoms with van der Waals surface area (Å²) in [6.07, 6.45) is 5.52. The third kappa shape index (κ3) is 3.46. The number of hydrogen-bond donors (Lipinski definition) is 2. The van der Waals surface area contributed by atoms with E-state index in [0.717, 1.165) is 37.3 Å². The molecule has 1 saturated carbocycles. The maximum atomic E-state index is 11.5. The molecule has 6 heteroatoms. The number of nitrogens with zero attached hydrogens (tertiary/aromatic N) is 2. The van der Waals surface area contributed by atoms with Gasteiger partial charge in [0, 0.05) is 26.1 Å². The topological polar surface area (TPSA) is 69.2 Å². The monoisotopic (exact) mass is 325 g/mol. The van der Waals surface area contributed by atoms with E-state index in [-0.39, 0.29) is 5.92 Å². The van der Waals surface area contributed by atoms with E-state index >= 15 is 0 Å². The highest BCUT2D eigenvalue weighted by atomic mass is 35.5. The third-order valence-corrected chi connectivity index (χ3v) is 5.22. The number of carboxylic acids is 1. The lowest BCUT2D eigenvalue weighted by molar-refractivity contribution is -0.142. The Balaban J connectivity index is 1.63. The lowest BCUT2D eigenvalue weighted by atomic mass is 9.92. The third-order valence-electron chi connectivity index (χ3n) is 4.91. The second kappa shape index (κ2) is 6.59. The van der Waals surface area contributed by atoms with Crippen molar-refractivity contribution >= 4 is 17.6 Å². The van der Waals surface area contributed by atoms with Gasteiger partial charge in [0.1, 0.15) is 5.82 Å². The molecule has 0 spiro atoms. The van der Waals surface area contributed by atoms with Gasteiger partial charge in [-0.3, -0.25) is 9.69 Å². The van der Waals surface area contributed by atoms with E-state index in [0.29, 0.717) is 30.1 Å². The number of hydrogen-bond acceptors (Lipinski definition) is 3. The molecule has 1 saturated heterocycles. The molecule has 2 heterocycles. The minimum atomic E-state index is -0.654. The standard InChI is InChI=1S/C16H24ClN3O2/c1-2-3-4-14-18-13(15(17)19-14)9-20-7-11(10-5-6-10)12(8-20)16(21)22/h10-12H,2-9H2,1H3,(H,18,19)(H,21,22)/t11-,12+/m1/s1. The first-order valence-corrected chi connectivity index (χ1v) is 8.64. The van der Waals surface area contributed by atoms with Gasteiger partial charge >= 0.3 is 5.97 Å². The van der Waals surface area contributed by atoms with Crippen LogP contribution >= 0.6 is 11.6 Å². The first-order valence-electron chi connectivity index (χ1n) is 8.27. The van der Waals surface area contributed by atoms with Crippen molar-refractivity contribution in [3.8, 4) is 0 Å². The van der Waals surface area contributed by atoms with E-state index in [1.165, 1.54) is 12.8 Å². The van der Waals surface area contributed by atoms with Crippen molar-refractivity contribution in [3.05, 3.63) is 16.7 Å². The number of rotatable bonds is 7. The lowest BCUT2D eigenvalue weighted by Crippen LogP contribution is -2.24. The van der Waals surface area contributed by atoms with E-state index in [9.17, 15) is 9.90 Å². The van der Waals surface area contributed by atoms with Crippen molar-refractivity contribution in [2.75, 3.05) is 13.1 Å². The fourth-order valence-electron chi connectivity index (χ4n) is 3.54. The summed E-state index contributed by atoms with van der Waals surface area (Å²) in [6.45, 7) is 4.31. The molecule has 5 nitrogen and oxygen atoms in total. The molecule has 2 N–H and O–H groups in total. The Morgan fingerprint density at radius 3 is 2.86 bits per heavy atom. The van der Waals surface area contributed by atoms with Crippen LogP contribution in [0.15, 0.2) is 0 Å². The average Bonchev–Trinajstić information content (AvgIpc) is 3.15. The van der Waals surface area contributed by atoms with Crippen LogP contribution in [-0.2, 0) is 17.8 Å². The highest BCUT2D eigenvalue weighted by Crippen LogP contribution is 2.44. The van der Waals surface area contributed by atoms with Crippen LogP contribution in [0.1, 0.15) is 44.1 Å². The molecule has 0 unspecified atom stereocenters. The lowest BCUT2D eigenvalue weighted by Gasteiger charge is -2.14. The van der Waals surface area contributed by atoms with Crippen LogP contribution in [0.5, 0.6) is 0 Å². The first kappa shape index (κ1) is 15.8. The van der Waals surface area contributed by atoms with Crippen LogP contribution in [-0.4, -0.2) is 39.0 Å². The van der Waals surface area contributed by atoms with Gasteiger partial charge in [0.05, 0.1) is 11.6 Å². The largest absolute Gasteiger partial charge is 0.481 e. The Morgan fingerprint density at radius 2 is 2.23 bits per heavy atom. The molecule has 1 aliphatic heterocycles. The second-order valence-corrected chi connectivity index (χ2v) is 7.05.